The van der Waals surface area contributed by atoms with E-state index in [-0.39, 0.29) is 22.9 Å². The normalized spacial score (nSPS) is 21.8. The number of hydrogen-bond acceptors (Lipinski definition) is 4. The Morgan fingerprint density at radius 1 is 0.594 bits per heavy atom. The first-order valence-electron chi connectivity index (χ1n) is 11.8. The lowest BCUT2D eigenvalue weighted by molar-refractivity contribution is 0.337. The van der Waals surface area contributed by atoms with Gasteiger partial charge in [0.15, 0.2) is 11.7 Å². The average Bonchev–Trinajstić information content (AvgIpc) is 3.33. The number of anilines is 2. The van der Waals surface area contributed by atoms with E-state index in [0.29, 0.717) is 0 Å². The van der Waals surface area contributed by atoms with E-state index in [4.69, 9.17) is 9.98 Å². The predicted octanol–water partition coefficient (Wildman–Crippen LogP) is 6.27. The highest BCUT2D eigenvalue weighted by Gasteiger charge is 2.42. The fourth-order valence-electron chi connectivity index (χ4n) is 4.23. The maximum absolute atomic E-state index is 5.30. The predicted molar refractivity (Wildman–Crippen MR) is 138 cm³/mol. The molecule has 0 saturated carbocycles. The summed E-state index contributed by atoms with van der Waals surface area (Å²) in [7, 11) is 0. The van der Waals surface area contributed by atoms with Crippen LogP contribution in [0.25, 0.3) is 0 Å². The number of aliphatic imine (C=N–C) groups is 2. The van der Waals surface area contributed by atoms with Gasteiger partial charge < -0.3 is 9.80 Å². The summed E-state index contributed by atoms with van der Waals surface area (Å²) in [6.45, 7) is 19.7. The van der Waals surface area contributed by atoms with Crippen molar-refractivity contribution in [1.82, 2.24) is 0 Å². The van der Waals surface area contributed by atoms with Gasteiger partial charge in [-0.05, 0) is 48.9 Å². The number of hydrogen-bond donors (Lipinski definition) is 0. The third kappa shape index (κ3) is 4.46. The van der Waals surface area contributed by atoms with Crippen LogP contribution in [0.1, 0.15) is 52.7 Å². The maximum Gasteiger partial charge on any atom is 0.172 e. The number of benzene rings is 2. The van der Waals surface area contributed by atoms with Crippen molar-refractivity contribution in [2.45, 2.75) is 67.5 Å². The van der Waals surface area contributed by atoms with Crippen molar-refractivity contribution in [2.75, 3.05) is 22.9 Å². The molecule has 2 heterocycles. The van der Waals surface area contributed by atoms with Crippen LogP contribution in [0, 0.1) is 24.7 Å². The molecular formula is C28H38N4. The Labute approximate surface area is 194 Å². The van der Waals surface area contributed by atoms with Crippen LogP contribution < -0.4 is 9.80 Å². The fraction of sp³-hybridized carbons (Fsp3) is 0.500. The minimum absolute atomic E-state index is 0.0853. The van der Waals surface area contributed by atoms with Crippen LogP contribution in [0.15, 0.2) is 58.5 Å². The molecule has 32 heavy (non-hydrogen) atoms. The van der Waals surface area contributed by atoms with Gasteiger partial charge in [-0.15, -0.1) is 0 Å². The molecule has 4 nitrogen and oxygen atoms in total. The zero-order valence-electron chi connectivity index (χ0n) is 21.0. The summed E-state index contributed by atoms with van der Waals surface area (Å²) in [6, 6.07) is 18.0. The second kappa shape index (κ2) is 8.06. The highest BCUT2D eigenvalue weighted by Crippen LogP contribution is 2.35. The van der Waals surface area contributed by atoms with Crippen LogP contribution in [0.3, 0.4) is 0 Å². The Hall–Kier alpha value is -2.62. The summed E-state index contributed by atoms with van der Waals surface area (Å²) >= 11 is 0. The zero-order valence-corrected chi connectivity index (χ0v) is 21.0. The molecule has 4 rings (SSSR count). The molecule has 0 amide bonds. The van der Waals surface area contributed by atoms with E-state index in [9.17, 15) is 0 Å². The van der Waals surface area contributed by atoms with Gasteiger partial charge in [0.05, 0.1) is 12.1 Å². The van der Waals surface area contributed by atoms with Crippen molar-refractivity contribution in [2.24, 2.45) is 20.8 Å². The van der Waals surface area contributed by atoms with Crippen molar-refractivity contribution in [3.8, 4) is 0 Å². The summed E-state index contributed by atoms with van der Waals surface area (Å²) < 4.78 is 0. The molecule has 2 aromatic rings. The standard InChI is InChI=1S/C28H38N4/c1-19-9-13-21(14-10-19)31-17-23(27(3,4)5)29-25(31)26-30-24(28(6,7)8)18-32(26)22-15-11-20(2)12-16-22/h9-16,23-24H,17-18H2,1-8H3. The van der Waals surface area contributed by atoms with Crippen LogP contribution in [0.2, 0.25) is 0 Å². The SMILES string of the molecule is Cc1ccc(N2CC(C(C)(C)C)N=C2C2=NC(C(C)(C)C)CN2c2ccc(C)cc2)cc1. The van der Waals surface area contributed by atoms with Crippen molar-refractivity contribution in [3.05, 3.63) is 59.7 Å². The smallest absolute Gasteiger partial charge is 0.172 e. The van der Waals surface area contributed by atoms with E-state index < -0.39 is 0 Å². The number of rotatable bonds is 3. The molecule has 2 aliphatic rings. The van der Waals surface area contributed by atoms with E-state index in [1.807, 2.05) is 0 Å². The van der Waals surface area contributed by atoms with E-state index >= 15 is 0 Å². The van der Waals surface area contributed by atoms with Gasteiger partial charge >= 0.3 is 0 Å². The molecule has 0 radical (unpaired) electrons. The van der Waals surface area contributed by atoms with Gasteiger partial charge in [-0.1, -0.05) is 76.9 Å². The first-order valence-corrected chi connectivity index (χ1v) is 11.8. The lowest BCUT2D eigenvalue weighted by Gasteiger charge is -2.28. The second-order valence-electron chi connectivity index (χ2n) is 11.6. The van der Waals surface area contributed by atoms with Crippen LogP contribution in [0.4, 0.5) is 11.4 Å². The summed E-state index contributed by atoms with van der Waals surface area (Å²) in [5.41, 5.74) is 5.08. The molecule has 0 aromatic heterocycles. The lowest BCUT2D eigenvalue weighted by atomic mass is 9.87. The summed E-state index contributed by atoms with van der Waals surface area (Å²) in [4.78, 5) is 15.4. The number of amidine groups is 2. The molecule has 170 valence electrons. The van der Waals surface area contributed by atoms with Crippen LogP contribution in [-0.4, -0.2) is 36.8 Å². The Morgan fingerprint density at radius 3 is 1.19 bits per heavy atom. The molecular weight excluding hydrogens is 392 g/mol. The summed E-state index contributed by atoms with van der Waals surface area (Å²) in [5, 5.41) is 0. The van der Waals surface area contributed by atoms with Gasteiger partial charge in [-0.3, -0.25) is 9.98 Å². The van der Waals surface area contributed by atoms with Crippen molar-refractivity contribution in [1.29, 1.82) is 0 Å². The second-order valence-corrected chi connectivity index (χ2v) is 11.6. The molecule has 0 spiro atoms. The zero-order chi connectivity index (χ0) is 23.3. The summed E-state index contributed by atoms with van der Waals surface area (Å²) in [6.07, 6.45) is 0. The molecule has 0 fully saturated rings. The third-order valence-corrected chi connectivity index (χ3v) is 6.67. The van der Waals surface area contributed by atoms with Gasteiger partial charge in [-0.25, -0.2) is 0 Å². The van der Waals surface area contributed by atoms with Gasteiger partial charge in [0, 0.05) is 24.5 Å². The average molecular weight is 431 g/mol. The topological polar surface area (TPSA) is 31.2 Å². The third-order valence-electron chi connectivity index (χ3n) is 6.67. The van der Waals surface area contributed by atoms with Gasteiger partial charge in [0.2, 0.25) is 0 Å². The first kappa shape index (κ1) is 22.6. The maximum atomic E-state index is 5.30. The molecule has 0 aliphatic carbocycles. The molecule has 2 atom stereocenters. The quantitative estimate of drug-likeness (QED) is 0.575. The number of aryl methyl sites for hydroxylation is 2. The molecule has 0 saturated heterocycles. The van der Waals surface area contributed by atoms with Crippen molar-refractivity contribution in [3.63, 3.8) is 0 Å². The van der Waals surface area contributed by atoms with E-state index in [2.05, 4.69) is 114 Å². The Bertz CT molecular complexity index is 932. The van der Waals surface area contributed by atoms with Gasteiger partial charge in [0.25, 0.3) is 0 Å². The van der Waals surface area contributed by atoms with Crippen molar-refractivity contribution < 1.29 is 0 Å². The largest absolute Gasteiger partial charge is 0.321 e. The van der Waals surface area contributed by atoms with Gasteiger partial charge in [-0.2, -0.15) is 0 Å². The Morgan fingerprint density at radius 2 is 0.906 bits per heavy atom. The van der Waals surface area contributed by atoms with Crippen molar-refractivity contribution >= 4 is 23.0 Å². The van der Waals surface area contributed by atoms with E-state index in [1.54, 1.807) is 0 Å². The van der Waals surface area contributed by atoms with Gasteiger partial charge in [0.1, 0.15) is 0 Å². The highest BCUT2D eigenvalue weighted by molar-refractivity contribution is 6.50. The fourth-order valence-corrected chi connectivity index (χ4v) is 4.23. The Kier molecular flexibility index (Phi) is 5.68. The molecule has 2 unspecified atom stereocenters. The minimum atomic E-state index is 0.0853. The lowest BCUT2D eigenvalue weighted by Crippen LogP contribution is -2.43. The van der Waals surface area contributed by atoms with E-state index in [0.717, 1.165) is 24.8 Å². The molecule has 2 aromatic carbocycles. The Balaban J connectivity index is 1.81. The minimum Gasteiger partial charge on any atom is -0.321 e. The highest BCUT2D eigenvalue weighted by atomic mass is 15.4. The number of nitrogens with zero attached hydrogens (tertiary/aromatic N) is 4. The molecule has 0 bridgehead atoms. The first-order chi connectivity index (χ1) is 14.9. The van der Waals surface area contributed by atoms with E-state index in [1.165, 1.54) is 22.5 Å². The summed E-state index contributed by atoms with van der Waals surface area (Å²) in [5.74, 6) is 2.00. The monoisotopic (exact) mass is 430 g/mol. The van der Waals surface area contributed by atoms with Crippen LogP contribution in [-0.2, 0) is 0 Å². The molecule has 2 aliphatic heterocycles. The molecule has 0 N–H and O–H groups in total. The van der Waals surface area contributed by atoms with Crippen LogP contribution in [0.5, 0.6) is 0 Å². The molecule has 4 heteroatoms. The van der Waals surface area contributed by atoms with Crippen LogP contribution >= 0.6 is 0 Å².